The van der Waals surface area contributed by atoms with Gasteiger partial charge in [-0.2, -0.15) is 0 Å². The third-order valence-corrected chi connectivity index (χ3v) is 3.29. The number of hydrogen-bond donors (Lipinski definition) is 1. The average molecular weight is 288 g/mol. The van der Waals surface area contributed by atoms with Crippen LogP contribution in [-0.2, 0) is 17.9 Å². The molecule has 0 atom stereocenters. The highest BCUT2D eigenvalue weighted by Gasteiger charge is 2.17. The number of aryl methyl sites for hydroxylation is 1. The Morgan fingerprint density at radius 1 is 1.19 bits per heavy atom. The first-order valence-electron chi connectivity index (χ1n) is 6.37. The smallest absolute Gasteiger partial charge is 0.333 e. The monoisotopic (exact) mass is 288 g/mol. The van der Waals surface area contributed by atoms with E-state index in [0.29, 0.717) is 16.7 Å². The Kier molecular flexibility index (Phi) is 2.86. The molecular weight excluding hydrogens is 276 g/mol. The van der Waals surface area contributed by atoms with Crippen molar-refractivity contribution in [3.63, 3.8) is 0 Å². The number of hydrogen-bond acceptors (Lipinski definition) is 4. The molecule has 0 aliphatic carbocycles. The number of carbonyl (C=O) groups is 1. The summed E-state index contributed by atoms with van der Waals surface area (Å²) in [6.45, 7) is 1.77. The SMILES string of the molecule is CCn1c2ccccc2n2c(=O)c(=O)n(CC(=O)O)nc12. The van der Waals surface area contributed by atoms with E-state index in [9.17, 15) is 14.4 Å². The van der Waals surface area contributed by atoms with Crippen molar-refractivity contribution < 1.29 is 9.90 Å². The van der Waals surface area contributed by atoms with E-state index in [1.165, 1.54) is 4.40 Å². The predicted molar refractivity (Wildman–Crippen MR) is 74.5 cm³/mol. The molecule has 2 heterocycles. The highest BCUT2D eigenvalue weighted by Crippen LogP contribution is 2.16. The van der Waals surface area contributed by atoms with Gasteiger partial charge in [-0.25, -0.2) is 9.08 Å². The number of rotatable bonds is 3. The van der Waals surface area contributed by atoms with Crippen molar-refractivity contribution in [2.45, 2.75) is 20.0 Å². The molecule has 0 fully saturated rings. The number of fused-ring (bicyclic) bond motifs is 3. The van der Waals surface area contributed by atoms with Crippen LogP contribution in [0.5, 0.6) is 0 Å². The Hall–Kier alpha value is -2.90. The molecule has 0 radical (unpaired) electrons. The maximum atomic E-state index is 12.3. The van der Waals surface area contributed by atoms with Crippen molar-refractivity contribution >= 4 is 22.8 Å². The lowest BCUT2D eigenvalue weighted by atomic mass is 10.3. The number of nitrogens with zero attached hydrogens (tertiary/aromatic N) is 4. The van der Waals surface area contributed by atoms with Crippen LogP contribution in [0.1, 0.15) is 6.92 Å². The van der Waals surface area contributed by atoms with E-state index >= 15 is 0 Å². The summed E-state index contributed by atoms with van der Waals surface area (Å²) >= 11 is 0. The second-order valence-corrected chi connectivity index (χ2v) is 4.53. The highest BCUT2D eigenvalue weighted by molar-refractivity contribution is 5.80. The average Bonchev–Trinajstić information content (AvgIpc) is 2.77. The maximum Gasteiger partial charge on any atom is 0.333 e. The van der Waals surface area contributed by atoms with Crippen molar-refractivity contribution in [3.05, 3.63) is 45.0 Å². The molecule has 108 valence electrons. The molecule has 1 N–H and O–H groups in total. The van der Waals surface area contributed by atoms with E-state index in [-0.39, 0.29) is 5.78 Å². The van der Waals surface area contributed by atoms with Crippen LogP contribution in [0.4, 0.5) is 0 Å². The predicted octanol–water partition coefficient (Wildman–Crippen LogP) is -0.0846. The fraction of sp³-hybridized carbons (Fsp3) is 0.231. The second kappa shape index (κ2) is 4.58. The number of carboxylic acids is 1. The molecule has 0 aliphatic heterocycles. The van der Waals surface area contributed by atoms with Crippen LogP contribution in [-0.4, -0.2) is 29.8 Å². The van der Waals surface area contributed by atoms with Gasteiger partial charge < -0.3 is 9.67 Å². The lowest BCUT2D eigenvalue weighted by molar-refractivity contribution is -0.138. The zero-order chi connectivity index (χ0) is 15.1. The number of benzene rings is 1. The minimum absolute atomic E-state index is 0.254. The molecule has 0 amide bonds. The van der Waals surface area contributed by atoms with Crippen LogP contribution < -0.4 is 11.1 Å². The van der Waals surface area contributed by atoms with Gasteiger partial charge in [0, 0.05) is 6.54 Å². The van der Waals surface area contributed by atoms with E-state index < -0.39 is 23.6 Å². The minimum Gasteiger partial charge on any atom is -0.480 e. The maximum absolute atomic E-state index is 12.3. The minimum atomic E-state index is -1.23. The van der Waals surface area contributed by atoms with Gasteiger partial charge in [0.15, 0.2) is 0 Å². The van der Waals surface area contributed by atoms with Crippen molar-refractivity contribution in [2.24, 2.45) is 0 Å². The molecule has 8 nitrogen and oxygen atoms in total. The quantitative estimate of drug-likeness (QED) is 0.679. The molecule has 2 aromatic heterocycles. The summed E-state index contributed by atoms with van der Waals surface area (Å²) in [6, 6.07) is 7.12. The van der Waals surface area contributed by atoms with E-state index in [1.807, 2.05) is 19.1 Å². The Morgan fingerprint density at radius 3 is 2.48 bits per heavy atom. The highest BCUT2D eigenvalue weighted by atomic mass is 16.4. The number of aliphatic carboxylic acids is 1. The zero-order valence-corrected chi connectivity index (χ0v) is 11.2. The third-order valence-electron chi connectivity index (χ3n) is 3.29. The largest absolute Gasteiger partial charge is 0.480 e. The summed E-state index contributed by atoms with van der Waals surface area (Å²) in [7, 11) is 0. The second-order valence-electron chi connectivity index (χ2n) is 4.53. The number of para-hydroxylation sites is 2. The van der Waals surface area contributed by atoms with Crippen LogP contribution >= 0.6 is 0 Å². The Morgan fingerprint density at radius 2 is 1.86 bits per heavy atom. The summed E-state index contributed by atoms with van der Waals surface area (Å²) in [5.74, 6) is -0.975. The van der Waals surface area contributed by atoms with Crippen molar-refractivity contribution in [1.82, 2.24) is 18.7 Å². The molecule has 0 unspecified atom stereocenters. The van der Waals surface area contributed by atoms with Gasteiger partial charge in [-0.05, 0) is 19.1 Å². The molecule has 0 saturated carbocycles. The zero-order valence-electron chi connectivity index (χ0n) is 11.2. The molecule has 1 aromatic carbocycles. The molecule has 0 saturated heterocycles. The van der Waals surface area contributed by atoms with Crippen molar-refractivity contribution in [1.29, 1.82) is 0 Å². The molecule has 21 heavy (non-hydrogen) atoms. The fourth-order valence-electron chi connectivity index (χ4n) is 2.42. The summed E-state index contributed by atoms with van der Waals surface area (Å²) < 4.78 is 3.67. The molecule has 8 heteroatoms. The molecule has 0 spiro atoms. The standard InChI is InChI=1S/C13H12N4O4/c1-2-15-8-5-3-4-6-9(8)17-12(21)11(20)16(7-10(18)19)14-13(15)17/h3-6H,2,7H2,1H3,(H,18,19). The van der Waals surface area contributed by atoms with Crippen molar-refractivity contribution in [3.8, 4) is 0 Å². The normalized spacial score (nSPS) is 11.3. The van der Waals surface area contributed by atoms with E-state index in [4.69, 9.17) is 5.11 Å². The molecule has 0 bridgehead atoms. The lowest BCUT2D eigenvalue weighted by Crippen LogP contribution is -2.41. The summed E-state index contributed by atoms with van der Waals surface area (Å²) in [6.07, 6.45) is 0. The van der Waals surface area contributed by atoms with Crippen LogP contribution in [0.2, 0.25) is 0 Å². The van der Waals surface area contributed by atoms with Gasteiger partial charge in [0.1, 0.15) is 6.54 Å². The molecule has 0 aliphatic rings. The first-order chi connectivity index (χ1) is 10.0. The Balaban J connectivity index is 2.53. The van der Waals surface area contributed by atoms with Crippen molar-refractivity contribution in [2.75, 3.05) is 0 Å². The lowest BCUT2D eigenvalue weighted by Gasteiger charge is -2.03. The van der Waals surface area contributed by atoms with Gasteiger partial charge in [0.05, 0.1) is 11.0 Å². The first-order valence-corrected chi connectivity index (χ1v) is 6.37. The van der Waals surface area contributed by atoms with E-state index in [0.717, 1.165) is 5.52 Å². The molecule has 3 aromatic rings. The van der Waals surface area contributed by atoms with Gasteiger partial charge in [0.25, 0.3) is 0 Å². The van der Waals surface area contributed by atoms with E-state index in [2.05, 4.69) is 5.10 Å². The Bertz CT molecular complexity index is 979. The molecular formula is C13H12N4O4. The van der Waals surface area contributed by atoms with Crippen LogP contribution in [0.25, 0.3) is 16.8 Å². The summed E-state index contributed by atoms with van der Waals surface area (Å²) in [5.41, 5.74) is -0.415. The van der Waals surface area contributed by atoms with E-state index in [1.54, 1.807) is 16.7 Å². The van der Waals surface area contributed by atoms with Gasteiger partial charge in [-0.15, -0.1) is 5.10 Å². The number of carboxylic acid groups (broad SMARTS) is 1. The van der Waals surface area contributed by atoms with Crippen LogP contribution in [0.3, 0.4) is 0 Å². The van der Waals surface area contributed by atoms with Gasteiger partial charge in [-0.3, -0.25) is 14.4 Å². The topological polar surface area (TPSA) is 98.6 Å². The summed E-state index contributed by atoms with van der Waals surface area (Å²) in [4.78, 5) is 35.0. The fourth-order valence-corrected chi connectivity index (χ4v) is 2.42. The number of aromatic nitrogens is 4. The third kappa shape index (κ3) is 1.83. The van der Waals surface area contributed by atoms with Crippen LogP contribution in [0.15, 0.2) is 33.9 Å². The van der Waals surface area contributed by atoms with Crippen LogP contribution in [0, 0.1) is 0 Å². The Labute approximate surface area is 117 Å². The van der Waals surface area contributed by atoms with Gasteiger partial charge in [-0.1, -0.05) is 12.1 Å². The van der Waals surface area contributed by atoms with Gasteiger partial charge in [0.2, 0.25) is 5.78 Å². The number of imidazole rings is 1. The van der Waals surface area contributed by atoms with Gasteiger partial charge >= 0.3 is 17.1 Å². The summed E-state index contributed by atoms with van der Waals surface area (Å²) in [5, 5.41) is 12.8. The first kappa shape index (κ1) is 13.1. The molecule has 3 rings (SSSR count).